The molecule has 1 aliphatic carbocycles. The molecule has 118 valence electrons. The molecule has 1 aromatic rings. The Kier molecular flexibility index (Phi) is 6.37. The Morgan fingerprint density at radius 2 is 1.86 bits per heavy atom. The third kappa shape index (κ3) is 5.24. The fraction of sp³-hybridized carbons (Fsp3) is 0.667. The van der Waals surface area contributed by atoms with Gasteiger partial charge in [-0.05, 0) is 50.6 Å². The molecule has 2 rings (SSSR count). The van der Waals surface area contributed by atoms with Crippen molar-refractivity contribution in [2.75, 3.05) is 33.1 Å². The second-order valence-corrected chi connectivity index (χ2v) is 6.51. The van der Waals surface area contributed by atoms with E-state index in [-0.39, 0.29) is 0 Å². The van der Waals surface area contributed by atoms with Crippen LogP contribution in [-0.2, 0) is 6.54 Å². The SMILES string of the molecule is COc1ccc(CN(C)C)cc1NCC1CCCCCC1. The molecule has 0 bridgehead atoms. The summed E-state index contributed by atoms with van der Waals surface area (Å²) in [5.41, 5.74) is 2.46. The Hall–Kier alpha value is -1.22. The number of hydrogen-bond acceptors (Lipinski definition) is 3. The van der Waals surface area contributed by atoms with Gasteiger partial charge in [-0.3, -0.25) is 0 Å². The van der Waals surface area contributed by atoms with E-state index in [1.165, 1.54) is 44.1 Å². The average molecular weight is 290 g/mol. The van der Waals surface area contributed by atoms with E-state index in [1.54, 1.807) is 7.11 Å². The summed E-state index contributed by atoms with van der Waals surface area (Å²) in [7, 11) is 5.95. The van der Waals surface area contributed by atoms with Crippen molar-refractivity contribution in [3.63, 3.8) is 0 Å². The molecular weight excluding hydrogens is 260 g/mol. The summed E-state index contributed by atoms with van der Waals surface area (Å²) < 4.78 is 5.49. The molecular formula is C18H30N2O. The van der Waals surface area contributed by atoms with E-state index in [0.29, 0.717) is 0 Å². The summed E-state index contributed by atoms with van der Waals surface area (Å²) in [5, 5.41) is 3.63. The van der Waals surface area contributed by atoms with Gasteiger partial charge in [0.1, 0.15) is 5.75 Å². The Bertz CT molecular complexity index is 423. The summed E-state index contributed by atoms with van der Waals surface area (Å²) in [6, 6.07) is 6.46. The average Bonchev–Trinajstić information content (AvgIpc) is 2.73. The van der Waals surface area contributed by atoms with Crippen LogP contribution in [0.3, 0.4) is 0 Å². The summed E-state index contributed by atoms with van der Waals surface area (Å²) in [6.45, 7) is 2.03. The number of ether oxygens (including phenoxy) is 1. The summed E-state index contributed by atoms with van der Waals surface area (Å²) in [6.07, 6.45) is 8.35. The first-order valence-corrected chi connectivity index (χ1v) is 8.24. The summed E-state index contributed by atoms with van der Waals surface area (Å²) >= 11 is 0. The highest BCUT2D eigenvalue weighted by molar-refractivity contribution is 5.58. The number of hydrogen-bond donors (Lipinski definition) is 1. The summed E-state index contributed by atoms with van der Waals surface area (Å²) in [4.78, 5) is 2.19. The highest BCUT2D eigenvalue weighted by Gasteiger charge is 2.13. The van der Waals surface area contributed by atoms with Gasteiger partial charge >= 0.3 is 0 Å². The molecule has 0 aromatic heterocycles. The van der Waals surface area contributed by atoms with Crippen molar-refractivity contribution < 1.29 is 4.74 Å². The molecule has 21 heavy (non-hydrogen) atoms. The number of methoxy groups -OCH3 is 1. The van der Waals surface area contributed by atoms with Crippen LogP contribution >= 0.6 is 0 Å². The standard InChI is InChI=1S/C18H30N2O/c1-20(2)14-16-10-11-18(21-3)17(12-16)19-13-15-8-6-4-5-7-9-15/h10-12,15,19H,4-9,13-14H2,1-3H3. The molecule has 1 aromatic carbocycles. The van der Waals surface area contributed by atoms with Gasteiger partial charge < -0.3 is 15.0 Å². The smallest absolute Gasteiger partial charge is 0.141 e. The molecule has 3 heteroatoms. The van der Waals surface area contributed by atoms with Crippen LogP contribution in [0, 0.1) is 5.92 Å². The minimum Gasteiger partial charge on any atom is -0.495 e. The zero-order valence-electron chi connectivity index (χ0n) is 13.8. The van der Waals surface area contributed by atoms with Gasteiger partial charge in [-0.2, -0.15) is 0 Å². The van der Waals surface area contributed by atoms with Crippen LogP contribution in [0.1, 0.15) is 44.1 Å². The second-order valence-electron chi connectivity index (χ2n) is 6.51. The van der Waals surface area contributed by atoms with Crippen molar-refractivity contribution in [3.8, 4) is 5.75 Å². The molecule has 0 atom stereocenters. The molecule has 0 radical (unpaired) electrons. The van der Waals surface area contributed by atoms with Crippen LogP contribution in [-0.4, -0.2) is 32.6 Å². The van der Waals surface area contributed by atoms with Gasteiger partial charge in [0.2, 0.25) is 0 Å². The minimum atomic E-state index is 0.815. The zero-order chi connectivity index (χ0) is 15.1. The van der Waals surface area contributed by atoms with E-state index in [2.05, 4.69) is 42.5 Å². The molecule has 1 fully saturated rings. The highest BCUT2D eigenvalue weighted by Crippen LogP contribution is 2.28. The van der Waals surface area contributed by atoms with E-state index in [0.717, 1.165) is 30.4 Å². The maximum atomic E-state index is 5.49. The van der Waals surface area contributed by atoms with E-state index in [9.17, 15) is 0 Å². The van der Waals surface area contributed by atoms with Crippen LogP contribution in [0.25, 0.3) is 0 Å². The molecule has 0 saturated heterocycles. The topological polar surface area (TPSA) is 24.5 Å². The maximum absolute atomic E-state index is 5.49. The van der Waals surface area contributed by atoms with Crippen molar-refractivity contribution in [2.45, 2.75) is 45.1 Å². The predicted octanol–water partition coefficient (Wildman–Crippen LogP) is 4.14. The quantitative estimate of drug-likeness (QED) is 0.797. The Labute approximate surface area is 129 Å². The van der Waals surface area contributed by atoms with Gasteiger partial charge in [-0.1, -0.05) is 31.7 Å². The van der Waals surface area contributed by atoms with E-state index >= 15 is 0 Å². The van der Waals surface area contributed by atoms with Gasteiger partial charge in [-0.25, -0.2) is 0 Å². The first-order valence-electron chi connectivity index (χ1n) is 8.24. The maximum Gasteiger partial charge on any atom is 0.141 e. The van der Waals surface area contributed by atoms with Gasteiger partial charge in [0, 0.05) is 13.1 Å². The molecule has 0 unspecified atom stereocenters. The first kappa shape index (κ1) is 16.2. The monoisotopic (exact) mass is 290 g/mol. The van der Waals surface area contributed by atoms with Crippen LogP contribution in [0.4, 0.5) is 5.69 Å². The molecule has 1 N–H and O–H groups in total. The second kappa shape index (κ2) is 8.28. The lowest BCUT2D eigenvalue weighted by atomic mass is 10.0. The molecule has 3 nitrogen and oxygen atoms in total. The molecule has 0 heterocycles. The molecule has 1 saturated carbocycles. The lowest BCUT2D eigenvalue weighted by Gasteiger charge is -2.19. The number of anilines is 1. The Morgan fingerprint density at radius 3 is 2.48 bits per heavy atom. The molecule has 0 amide bonds. The number of nitrogens with zero attached hydrogens (tertiary/aromatic N) is 1. The fourth-order valence-electron chi connectivity index (χ4n) is 3.18. The Morgan fingerprint density at radius 1 is 1.14 bits per heavy atom. The van der Waals surface area contributed by atoms with E-state index < -0.39 is 0 Å². The minimum absolute atomic E-state index is 0.815. The van der Waals surface area contributed by atoms with Crippen LogP contribution < -0.4 is 10.1 Å². The predicted molar refractivity (Wildman–Crippen MR) is 90.1 cm³/mol. The van der Waals surface area contributed by atoms with Gasteiger partial charge in [0.15, 0.2) is 0 Å². The van der Waals surface area contributed by atoms with Crippen LogP contribution in [0.15, 0.2) is 18.2 Å². The van der Waals surface area contributed by atoms with Crippen molar-refractivity contribution in [3.05, 3.63) is 23.8 Å². The number of rotatable bonds is 6. The van der Waals surface area contributed by atoms with E-state index in [4.69, 9.17) is 4.74 Å². The van der Waals surface area contributed by atoms with Crippen molar-refractivity contribution in [1.29, 1.82) is 0 Å². The summed E-state index contributed by atoms with van der Waals surface area (Å²) in [5.74, 6) is 1.76. The molecule has 1 aliphatic rings. The Balaban J connectivity index is 1.99. The molecule has 0 aliphatic heterocycles. The molecule has 0 spiro atoms. The largest absolute Gasteiger partial charge is 0.495 e. The lowest BCUT2D eigenvalue weighted by Crippen LogP contribution is -2.15. The van der Waals surface area contributed by atoms with Crippen molar-refractivity contribution in [2.24, 2.45) is 5.92 Å². The highest BCUT2D eigenvalue weighted by atomic mass is 16.5. The van der Waals surface area contributed by atoms with Gasteiger partial charge in [0.25, 0.3) is 0 Å². The third-order valence-electron chi connectivity index (χ3n) is 4.32. The van der Waals surface area contributed by atoms with Gasteiger partial charge in [-0.15, -0.1) is 0 Å². The lowest BCUT2D eigenvalue weighted by molar-refractivity contribution is 0.400. The normalized spacial score (nSPS) is 16.8. The number of benzene rings is 1. The van der Waals surface area contributed by atoms with Crippen molar-refractivity contribution in [1.82, 2.24) is 4.90 Å². The van der Waals surface area contributed by atoms with Crippen molar-refractivity contribution >= 4 is 5.69 Å². The number of nitrogens with one attached hydrogen (secondary N) is 1. The third-order valence-corrected chi connectivity index (χ3v) is 4.32. The van der Waals surface area contributed by atoms with Crippen LogP contribution in [0.5, 0.6) is 5.75 Å². The first-order chi connectivity index (χ1) is 10.2. The zero-order valence-corrected chi connectivity index (χ0v) is 13.8. The van der Waals surface area contributed by atoms with Crippen LogP contribution in [0.2, 0.25) is 0 Å². The van der Waals surface area contributed by atoms with E-state index in [1.807, 2.05) is 0 Å². The fourth-order valence-corrected chi connectivity index (χ4v) is 3.18. The van der Waals surface area contributed by atoms with Gasteiger partial charge in [0.05, 0.1) is 12.8 Å².